The maximum atomic E-state index is 10.8. The molecular weight excluding hydrogens is 202 g/mol. The average Bonchev–Trinajstić information content (AvgIpc) is 2.28. The molecule has 0 unspecified atom stereocenters. The van der Waals surface area contributed by atoms with Crippen LogP contribution in [0.2, 0.25) is 0 Å². The molecule has 0 spiro atoms. The quantitative estimate of drug-likeness (QED) is 0.556. The smallest absolute Gasteiger partial charge is 0.303 e. The van der Waals surface area contributed by atoms with Crippen LogP contribution in [0.4, 0.5) is 0 Å². The van der Waals surface area contributed by atoms with Crippen LogP contribution in [-0.4, -0.2) is 31.7 Å². The molecule has 0 aromatic rings. The van der Waals surface area contributed by atoms with Gasteiger partial charge in [-0.2, -0.15) is 0 Å². The minimum Gasteiger partial charge on any atom is -0.449 e. The van der Waals surface area contributed by atoms with Crippen LogP contribution in [0.5, 0.6) is 0 Å². The van der Waals surface area contributed by atoms with E-state index in [4.69, 9.17) is 4.74 Å². The van der Waals surface area contributed by atoms with Gasteiger partial charge in [0.05, 0.1) is 13.1 Å². The van der Waals surface area contributed by atoms with Crippen molar-refractivity contribution < 1.29 is 14.4 Å². The highest BCUT2D eigenvalue weighted by Gasteiger charge is 2.11. The topological polar surface area (TPSA) is 30.7 Å². The van der Waals surface area contributed by atoms with E-state index in [0.717, 1.165) is 13.0 Å². The SMILES string of the molecule is CC[C@H](C#CC[NH+]1CCCCC1)OC(C)=O. The molecule has 3 heteroatoms. The van der Waals surface area contributed by atoms with Crippen molar-refractivity contribution in [2.75, 3.05) is 19.6 Å². The minimum absolute atomic E-state index is 0.221. The standard InChI is InChI=1S/C13H21NO2/c1-3-13(16-12(2)15)8-7-11-14-9-5-4-6-10-14/h13H,3-6,9-11H2,1-2H3/p+1/t13-/m1/s1. The van der Waals surface area contributed by atoms with E-state index in [9.17, 15) is 4.79 Å². The average molecular weight is 224 g/mol. The second-order valence-corrected chi connectivity index (χ2v) is 4.31. The maximum absolute atomic E-state index is 10.8. The largest absolute Gasteiger partial charge is 0.449 e. The first-order valence-electron chi connectivity index (χ1n) is 6.21. The summed E-state index contributed by atoms with van der Waals surface area (Å²) >= 11 is 0. The van der Waals surface area contributed by atoms with Gasteiger partial charge in [-0.25, -0.2) is 0 Å². The number of rotatable bonds is 3. The summed E-state index contributed by atoms with van der Waals surface area (Å²) in [6, 6.07) is 0. The fourth-order valence-corrected chi connectivity index (χ4v) is 1.93. The molecule has 0 saturated carbocycles. The van der Waals surface area contributed by atoms with Gasteiger partial charge in [-0.1, -0.05) is 12.8 Å². The van der Waals surface area contributed by atoms with Gasteiger partial charge in [-0.3, -0.25) is 4.79 Å². The second-order valence-electron chi connectivity index (χ2n) is 4.31. The Balaban J connectivity index is 2.30. The fourth-order valence-electron chi connectivity index (χ4n) is 1.93. The summed E-state index contributed by atoms with van der Waals surface area (Å²) in [5.41, 5.74) is 0. The number of carbonyl (C=O) groups excluding carboxylic acids is 1. The Kier molecular flexibility index (Phi) is 5.95. The van der Waals surface area contributed by atoms with Gasteiger partial charge in [0, 0.05) is 6.92 Å². The Morgan fingerprint density at radius 1 is 1.38 bits per heavy atom. The third-order valence-electron chi connectivity index (χ3n) is 2.84. The summed E-state index contributed by atoms with van der Waals surface area (Å²) in [5, 5.41) is 0. The lowest BCUT2D eigenvalue weighted by Gasteiger charge is -2.21. The summed E-state index contributed by atoms with van der Waals surface area (Å²) in [4.78, 5) is 12.3. The van der Waals surface area contributed by atoms with Crippen molar-refractivity contribution in [3.63, 3.8) is 0 Å². The van der Waals surface area contributed by atoms with Crippen LogP contribution in [0.3, 0.4) is 0 Å². The molecule has 1 saturated heterocycles. The number of hydrogen-bond acceptors (Lipinski definition) is 2. The number of quaternary nitrogens is 1. The molecule has 1 heterocycles. The summed E-state index contributed by atoms with van der Waals surface area (Å²) in [6.07, 6.45) is 4.54. The molecule has 0 aromatic carbocycles. The summed E-state index contributed by atoms with van der Waals surface area (Å²) in [5.74, 6) is 5.94. The van der Waals surface area contributed by atoms with Crippen LogP contribution in [0.1, 0.15) is 39.5 Å². The highest BCUT2D eigenvalue weighted by Crippen LogP contribution is 1.96. The van der Waals surface area contributed by atoms with Gasteiger partial charge in [0.1, 0.15) is 6.54 Å². The van der Waals surface area contributed by atoms with Crippen LogP contribution in [0.25, 0.3) is 0 Å². The predicted octanol–water partition coefficient (Wildman–Crippen LogP) is 0.400. The van der Waals surface area contributed by atoms with Crippen molar-refractivity contribution in [2.24, 2.45) is 0 Å². The third kappa shape index (κ3) is 5.18. The summed E-state index contributed by atoms with van der Waals surface area (Å²) < 4.78 is 5.07. The van der Waals surface area contributed by atoms with Gasteiger partial charge in [-0.05, 0) is 31.6 Å². The minimum atomic E-state index is -0.244. The highest BCUT2D eigenvalue weighted by atomic mass is 16.5. The van der Waals surface area contributed by atoms with Crippen LogP contribution < -0.4 is 4.90 Å². The van der Waals surface area contributed by atoms with Crippen molar-refractivity contribution >= 4 is 5.97 Å². The number of nitrogens with one attached hydrogen (secondary N) is 1. The molecule has 1 atom stereocenters. The van der Waals surface area contributed by atoms with Crippen molar-refractivity contribution in [3.8, 4) is 11.8 Å². The number of carbonyl (C=O) groups is 1. The van der Waals surface area contributed by atoms with Gasteiger partial charge in [0.2, 0.25) is 0 Å². The zero-order valence-electron chi connectivity index (χ0n) is 10.3. The molecule has 0 amide bonds. The number of hydrogen-bond donors (Lipinski definition) is 1. The van der Waals surface area contributed by atoms with Crippen LogP contribution in [-0.2, 0) is 9.53 Å². The molecule has 16 heavy (non-hydrogen) atoms. The van der Waals surface area contributed by atoms with E-state index < -0.39 is 0 Å². The molecule has 1 rings (SSSR count). The van der Waals surface area contributed by atoms with Crippen LogP contribution >= 0.6 is 0 Å². The first-order valence-corrected chi connectivity index (χ1v) is 6.21. The lowest BCUT2D eigenvalue weighted by atomic mass is 10.1. The lowest BCUT2D eigenvalue weighted by molar-refractivity contribution is -0.897. The summed E-state index contributed by atoms with van der Waals surface area (Å²) in [6.45, 7) is 6.77. The van der Waals surface area contributed by atoms with E-state index in [1.54, 1.807) is 4.90 Å². The molecule has 1 aliphatic rings. The monoisotopic (exact) mass is 224 g/mol. The van der Waals surface area contributed by atoms with E-state index in [1.807, 2.05) is 6.92 Å². The molecule has 0 radical (unpaired) electrons. The van der Waals surface area contributed by atoms with Crippen molar-refractivity contribution in [1.82, 2.24) is 0 Å². The number of piperidine rings is 1. The van der Waals surface area contributed by atoms with Gasteiger partial charge < -0.3 is 9.64 Å². The molecule has 0 bridgehead atoms. The molecule has 3 nitrogen and oxygen atoms in total. The Labute approximate surface area is 98.1 Å². The molecule has 1 aliphatic heterocycles. The number of likely N-dealkylation sites (tertiary alicyclic amines) is 1. The van der Waals surface area contributed by atoms with E-state index in [0.29, 0.717) is 0 Å². The van der Waals surface area contributed by atoms with Crippen LogP contribution in [0.15, 0.2) is 0 Å². The summed E-state index contributed by atoms with van der Waals surface area (Å²) in [7, 11) is 0. The molecule has 1 N–H and O–H groups in total. The first-order chi connectivity index (χ1) is 7.72. The molecule has 1 fully saturated rings. The molecule has 0 aliphatic carbocycles. The molecular formula is C13H22NO2+. The Bertz CT molecular complexity index is 271. The van der Waals surface area contributed by atoms with E-state index in [2.05, 4.69) is 11.8 Å². The molecule has 0 aromatic heterocycles. The Morgan fingerprint density at radius 2 is 2.06 bits per heavy atom. The third-order valence-corrected chi connectivity index (χ3v) is 2.84. The fraction of sp³-hybridized carbons (Fsp3) is 0.769. The normalized spacial score (nSPS) is 18.4. The van der Waals surface area contributed by atoms with Crippen molar-refractivity contribution in [1.29, 1.82) is 0 Å². The van der Waals surface area contributed by atoms with E-state index in [-0.39, 0.29) is 12.1 Å². The van der Waals surface area contributed by atoms with Gasteiger partial charge >= 0.3 is 5.97 Å². The lowest BCUT2D eigenvalue weighted by Crippen LogP contribution is -3.12. The zero-order valence-corrected chi connectivity index (χ0v) is 10.3. The van der Waals surface area contributed by atoms with Gasteiger partial charge in [-0.15, -0.1) is 0 Å². The maximum Gasteiger partial charge on any atom is 0.303 e. The first kappa shape index (κ1) is 13.1. The van der Waals surface area contributed by atoms with E-state index >= 15 is 0 Å². The number of ether oxygens (including phenoxy) is 1. The van der Waals surface area contributed by atoms with E-state index in [1.165, 1.54) is 39.3 Å². The predicted molar refractivity (Wildman–Crippen MR) is 63.0 cm³/mol. The van der Waals surface area contributed by atoms with Gasteiger partial charge in [0.25, 0.3) is 0 Å². The Morgan fingerprint density at radius 3 is 2.62 bits per heavy atom. The number of esters is 1. The highest BCUT2D eigenvalue weighted by molar-refractivity contribution is 5.66. The van der Waals surface area contributed by atoms with Gasteiger partial charge in [0.15, 0.2) is 6.10 Å². The van der Waals surface area contributed by atoms with Crippen molar-refractivity contribution in [3.05, 3.63) is 0 Å². The van der Waals surface area contributed by atoms with Crippen LogP contribution in [0, 0.1) is 11.8 Å². The second kappa shape index (κ2) is 7.29. The zero-order chi connectivity index (χ0) is 11.8. The molecule has 90 valence electrons. The van der Waals surface area contributed by atoms with Crippen molar-refractivity contribution in [2.45, 2.75) is 45.6 Å². The Hall–Kier alpha value is -1.01.